The Morgan fingerprint density at radius 2 is 1.86 bits per heavy atom. The van der Waals surface area contributed by atoms with E-state index in [0.29, 0.717) is 5.92 Å². The van der Waals surface area contributed by atoms with Crippen molar-refractivity contribution in [3.8, 4) is 0 Å². The molecule has 0 bridgehead atoms. The monoisotopic (exact) mass is 312 g/mol. The maximum atomic E-state index is 6.00. The quantitative estimate of drug-likeness (QED) is 0.734. The average Bonchev–Trinajstić information content (AvgIpc) is 3.25. The molecule has 0 saturated heterocycles. The van der Waals surface area contributed by atoms with Crippen molar-refractivity contribution >= 4 is 17.2 Å². The first-order valence-corrected chi connectivity index (χ1v) is 7.91. The van der Waals surface area contributed by atoms with Gasteiger partial charge in [-0.3, -0.25) is 9.38 Å². The molecule has 0 radical (unpaired) electrons. The Balaban J connectivity index is 1.86. The number of hydrogen-bond donors (Lipinski definition) is 0. The van der Waals surface area contributed by atoms with E-state index < -0.39 is 0 Å². The second-order valence-electron chi connectivity index (χ2n) is 6.44. The van der Waals surface area contributed by atoms with Crippen molar-refractivity contribution in [3.63, 3.8) is 0 Å². The molecule has 3 aromatic rings. The lowest BCUT2D eigenvalue weighted by Gasteiger charge is -2.23. The van der Waals surface area contributed by atoms with Crippen molar-refractivity contribution in [1.82, 2.24) is 19.6 Å². The van der Waals surface area contributed by atoms with E-state index >= 15 is 0 Å². The van der Waals surface area contributed by atoms with E-state index in [4.69, 9.17) is 11.6 Å². The van der Waals surface area contributed by atoms with Crippen LogP contribution in [0.1, 0.15) is 49.7 Å². The van der Waals surface area contributed by atoms with E-state index in [9.17, 15) is 0 Å². The first kappa shape index (κ1) is 13.7. The van der Waals surface area contributed by atoms with Gasteiger partial charge in [0.25, 0.3) is 0 Å². The molecule has 0 spiro atoms. The van der Waals surface area contributed by atoms with Crippen LogP contribution in [0.4, 0.5) is 0 Å². The van der Waals surface area contributed by atoms with Gasteiger partial charge in [-0.15, -0.1) is 10.2 Å². The van der Waals surface area contributed by atoms with Crippen LogP contribution in [0, 0.1) is 0 Å². The summed E-state index contributed by atoms with van der Waals surface area (Å²) < 4.78 is 2.08. The number of benzene rings is 1. The highest BCUT2D eigenvalue weighted by molar-refractivity contribution is 6.30. The van der Waals surface area contributed by atoms with Gasteiger partial charge in [-0.1, -0.05) is 23.7 Å². The smallest absolute Gasteiger partial charge is 0.182 e. The van der Waals surface area contributed by atoms with Crippen LogP contribution in [-0.4, -0.2) is 19.6 Å². The number of rotatable bonds is 3. The number of fused-ring (bicyclic) bond motifs is 1. The van der Waals surface area contributed by atoms with E-state index in [0.717, 1.165) is 27.8 Å². The first-order chi connectivity index (χ1) is 10.6. The number of hydrogen-bond acceptors (Lipinski definition) is 3. The van der Waals surface area contributed by atoms with E-state index in [2.05, 4.69) is 33.4 Å². The number of nitrogens with zero attached hydrogens (tertiary/aromatic N) is 4. The summed E-state index contributed by atoms with van der Waals surface area (Å²) in [6.45, 7) is 4.31. The third kappa shape index (κ3) is 2.10. The zero-order chi connectivity index (χ0) is 15.3. The Bertz CT molecular complexity index is 831. The van der Waals surface area contributed by atoms with Gasteiger partial charge >= 0.3 is 0 Å². The second kappa shape index (κ2) is 4.78. The third-order valence-electron chi connectivity index (χ3n) is 4.44. The molecule has 1 fully saturated rings. The van der Waals surface area contributed by atoms with Crippen LogP contribution < -0.4 is 0 Å². The molecule has 22 heavy (non-hydrogen) atoms. The highest BCUT2D eigenvalue weighted by Crippen LogP contribution is 2.41. The molecule has 1 aromatic carbocycles. The molecule has 1 saturated carbocycles. The van der Waals surface area contributed by atoms with Crippen LogP contribution in [0.5, 0.6) is 0 Å². The molecule has 5 heteroatoms. The van der Waals surface area contributed by atoms with Gasteiger partial charge in [-0.25, -0.2) is 0 Å². The molecule has 0 amide bonds. The molecule has 4 rings (SSSR count). The molecule has 0 atom stereocenters. The highest BCUT2D eigenvalue weighted by atomic mass is 35.5. The molecule has 0 aliphatic heterocycles. The van der Waals surface area contributed by atoms with E-state index in [-0.39, 0.29) is 5.41 Å². The zero-order valence-corrected chi connectivity index (χ0v) is 13.4. The summed E-state index contributed by atoms with van der Waals surface area (Å²) >= 11 is 6.00. The summed E-state index contributed by atoms with van der Waals surface area (Å²) in [6, 6.07) is 7.93. The van der Waals surface area contributed by atoms with Crippen molar-refractivity contribution in [3.05, 3.63) is 58.8 Å². The summed E-state index contributed by atoms with van der Waals surface area (Å²) in [4.78, 5) is 4.51. The summed E-state index contributed by atoms with van der Waals surface area (Å²) in [5.41, 5.74) is 2.87. The lowest BCUT2D eigenvalue weighted by atomic mass is 9.84. The summed E-state index contributed by atoms with van der Waals surface area (Å²) in [6.07, 6.45) is 6.21. The number of halogens is 1. The molecule has 112 valence electrons. The summed E-state index contributed by atoms with van der Waals surface area (Å²) in [5.74, 6) is 1.48. The van der Waals surface area contributed by atoms with Gasteiger partial charge in [0, 0.05) is 23.3 Å². The van der Waals surface area contributed by atoms with Gasteiger partial charge in [0.1, 0.15) is 5.82 Å². The fourth-order valence-corrected chi connectivity index (χ4v) is 3.04. The van der Waals surface area contributed by atoms with Crippen LogP contribution in [0.3, 0.4) is 0 Å². The van der Waals surface area contributed by atoms with Gasteiger partial charge in [0.05, 0.1) is 11.1 Å². The first-order valence-electron chi connectivity index (χ1n) is 7.53. The molecule has 1 aliphatic carbocycles. The van der Waals surface area contributed by atoms with E-state index in [1.165, 1.54) is 12.8 Å². The minimum absolute atomic E-state index is 0.258. The topological polar surface area (TPSA) is 43.1 Å². The van der Waals surface area contributed by atoms with Crippen molar-refractivity contribution in [2.24, 2.45) is 0 Å². The van der Waals surface area contributed by atoms with Crippen LogP contribution in [0.2, 0.25) is 5.02 Å². The summed E-state index contributed by atoms with van der Waals surface area (Å²) in [7, 11) is 0. The Kier molecular flexibility index (Phi) is 2.98. The van der Waals surface area contributed by atoms with Crippen molar-refractivity contribution < 1.29 is 0 Å². The molecule has 2 heterocycles. The van der Waals surface area contributed by atoms with E-state index in [1.54, 1.807) is 0 Å². The maximum absolute atomic E-state index is 6.00. The standard InChI is InChI=1S/C17H17ClN4/c1-17(2,12-5-7-13(18)8-6-12)16-21-20-15-14(11-3-4-11)19-9-10-22(15)16/h5-11H,3-4H2,1-2H3. The Hall–Kier alpha value is -1.94. The Morgan fingerprint density at radius 3 is 2.55 bits per heavy atom. The van der Waals surface area contributed by atoms with Crippen LogP contribution in [-0.2, 0) is 5.41 Å². The predicted octanol–water partition coefficient (Wildman–Crippen LogP) is 3.98. The van der Waals surface area contributed by atoms with Crippen molar-refractivity contribution in [2.45, 2.75) is 38.0 Å². The normalized spacial score (nSPS) is 15.4. The maximum Gasteiger partial charge on any atom is 0.182 e. The Labute approximate surface area is 134 Å². The molecule has 0 N–H and O–H groups in total. The minimum atomic E-state index is -0.258. The summed E-state index contributed by atoms with van der Waals surface area (Å²) in [5, 5.41) is 9.63. The number of aromatic nitrogens is 4. The van der Waals surface area contributed by atoms with Gasteiger partial charge < -0.3 is 0 Å². The largest absolute Gasteiger partial charge is 0.283 e. The molecule has 4 nitrogen and oxygen atoms in total. The lowest BCUT2D eigenvalue weighted by Crippen LogP contribution is -2.22. The fraction of sp³-hybridized carbons (Fsp3) is 0.353. The van der Waals surface area contributed by atoms with Gasteiger partial charge in [0.15, 0.2) is 5.65 Å². The molecular weight excluding hydrogens is 296 g/mol. The fourth-order valence-electron chi connectivity index (χ4n) is 2.91. The zero-order valence-electron chi connectivity index (χ0n) is 12.6. The van der Waals surface area contributed by atoms with Crippen LogP contribution in [0.15, 0.2) is 36.7 Å². The van der Waals surface area contributed by atoms with Crippen molar-refractivity contribution in [1.29, 1.82) is 0 Å². The second-order valence-corrected chi connectivity index (χ2v) is 6.87. The average molecular weight is 313 g/mol. The van der Waals surface area contributed by atoms with Crippen molar-refractivity contribution in [2.75, 3.05) is 0 Å². The minimum Gasteiger partial charge on any atom is -0.283 e. The molecule has 2 aromatic heterocycles. The molecule has 1 aliphatic rings. The Morgan fingerprint density at radius 1 is 1.14 bits per heavy atom. The SMILES string of the molecule is CC(C)(c1ccc(Cl)cc1)c1nnc2c(C3CC3)nccn12. The van der Waals surface area contributed by atoms with Crippen LogP contribution >= 0.6 is 11.6 Å². The molecule has 0 unspecified atom stereocenters. The third-order valence-corrected chi connectivity index (χ3v) is 4.70. The molecular formula is C17H17ClN4. The highest BCUT2D eigenvalue weighted by Gasteiger charge is 2.32. The van der Waals surface area contributed by atoms with Gasteiger partial charge in [-0.2, -0.15) is 0 Å². The lowest BCUT2D eigenvalue weighted by molar-refractivity contribution is 0.582. The van der Waals surface area contributed by atoms with Crippen LogP contribution in [0.25, 0.3) is 5.65 Å². The van der Waals surface area contributed by atoms with Gasteiger partial charge in [0.2, 0.25) is 0 Å². The predicted molar refractivity (Wildman–Crippen MR) is 86.3 cm³/mol. The van der Waals surface area contributed by atoms with Gasteiger partial charge in [-0.05, 0) is 44.4 Å². The van der Waals surface area contributed by atoms with E-state index in [1.807, 2.05) is 36.7 Å².